The fourth-order valence-corrected chi connectivity index (χ4v) is 4.11. The Labute approximate surface area is 148 Å². The van der Waals surface area contributed by atoms with Crippen LogP contribution in [0.1, 0.15) is 29.6 Å². The van der Waals surface area contributed by atoms with Gasteiger partial charge in [-0.2, -0.15) is 0 Å². The van der Waals surface area contributed by atoms with Gasteiger partial charge in [0.2, 0.25) is 0 Å². The maximum absolute atomic E-state index is 13.2. The highest BCUT2D eigenvalue weighted by atomic mass is 19.1. The molecule has 1 atom stereocenters. The zero-order valence-electron chi connectivity index (χ0n) is 14.3. The summed E-state index contributed by atoms with van der Waals surface area (Å²) in [5.74, 6) is -0.171. The third-order valence-electron chi connectivity index (χ3n) is 5.40. The average Bonchev–Trinajstić information content (AvgIpc) is 2.98. The van der Waals surface area contributed by atoms with Crippen LogP contribution in [0.5, 0.6) is 0 Å². The topological polar surface area (TPSA) is 23.6 Å². The van der Waals surface area contributed by atoms with Gasteiger partial charge in [-0.25, -0.2) is 4.39 Å². The van der Waals surface area contributed by atoms with Crippen LogP contribution in [0.4, 0.5) is 4.39 Å². The van der Waals surface area contributed by atoms with Gasteiger partial charge in [-0.05, 0) is 55.1 Å². The molecule has 0 N–H and O–H groups in total. The minimum absolute atomic E-state index is 0.0914. The lowest BCUT2D eigenvalue weighted by molar-refractivity contribution is 0.0744. The Morgan fingerprint density at radius 2 is 1.72 bits per heavy atom. The molecular weight excluding hydrogens is 315 g/mol. The second-order valence-electron chi connectivity index (χ2n) is 6.99. The van der Waals surface area contributed by atoms with Crippen molar-refractivity contribution in [3.05, 3.63) is 59.9 Å². The number of carbonyl (C=O) groups is 1. The molecule has 0 aromatic heterocycles. The fraction of sp³-hybridized carbons (Fsp3) is 0.381. The van der Waals surface area contributed by atoms with E-state index in [0.29, 0.717) is 11.6 Å². The van der Waals surface area contributed by atoms with E-state index < -0.39 is 0 Å². The van der Waals surface area contributed by atoms with Crippen molar-refractivity contribution < 1.29 is 9.18 Å². The smallest absolute Gasteiger partial charge is 0.254 e. The van der Waals surface area contributed by atoms with E-state index in [2.05, 4.69) is 4.90 Å². The van der Waals surface area contributed by atoms with E-state index in [1.807, 2.05) is 29.2 Å². The summed E-state index contributed by atoms with van der Waals surface area (Å²) in [4.78, 5) is 17.8. The molecule has 2 aromatic rings. The van der Waals surface area contributed by atoms with Crippen molar-refractivity contribution in [2.45, 2.75) is 25.3 Å². The average molecular weight is 338 g/mol. The van der Waals surface area contributed by atoms with Crippen LogP contribution in [0.15, 0.2) is 48.5 Å². The molecule has 4 heteroatoms. The third-order valence-corrected chi connectivity index (χ3v) is 5.40. The first-order valence-corrected chi connectivity index (χ1v) is 9.11. The van der Waals surface area contributed by atoms with Gasteiger partial charge in [0.15, 0.2) is 0 Å². The molecule has 0 unspecified atom stereocenters. The molecule has 0 aliphatic carbocycles. The maximum Gasteiger partial charge on any atom is 0.254 e. The van der Waals surface area contributed by atoms with E-state index in [-0.39, 0.29) is 11.7 Å². The van der Waals surface area contributed by atoms with Crippen LogP contribution < -0.4 is 0 Å². The zero-order valence-corrected chi connectivity index (χ0v) is 14.3. The normalized spacial score (nSPS) is 21.0. The molecule has 2 aliphatic heterocycles. The van der Waals surface area contributed by atoms with Crippen LogP contribution in [0.25, 0.3) is 11.1 Å². The highest BCUT2D eigenvalue weighted by Crippen LogP contribution is 2.27. The molecule has 3 nitrogen and oxygen atoms in total. The Morgan fingerprint density at radius 3 is 2.56 bits per heavy atom. The Kier molecular flexibility index (Phi) is 4.53. The molecule has 2 saturated heterocycles. The van der Waals surface area contributed by atoms with E-state index in [0.717, 1.165) is 37.2 Å². The highest BCUT2D eigenvalue weighted by Gasteiger charge is 2.31. The van der Waals surface area contributed by atoms with E-state index >= 15 is 0 Å². The predicted octanol–water partition coefficient (Wildman–Crippen LogP) is 3.80. The maximum atomic E-state index is 13.2. The Balaban J connectivity index is 1.63. The second kappa shape index (κ2) is 6.96. The summed E-state index contributed by atoms with van der Waals surface area (Å²) in [6, 6.07) is 14.5. The summed E-state index contributed by atoms with van der Waals surface area (Å²) in [6.45, 7) is 3.88. The molecule has 25 heavy (non-hydrogen) atoms. The van der Waals surface area contributed by atoms with Gasteiger partial charge in [-0.15, -0.1) is 0 Å². The van der Waals surface area contributed by atoms with Crippen LogP contribution in [0.3, 0.4) is 0 Å². The Hall–Kier alpha value is -2.20. The molecule has 2 fully saturated rings. The summed E-state index contributed by atoms with van der Waals surface area (Å²) in [5, 5.41) is 0. The summed E-state index contributed by atoms with van der Waals surface area (Å²) in [5.41, 5.74) is 2.46. The lowest BCUT2D eigenvalue weighted by Crippen LogP contribution is -2.39. The third kappa shape index (κ3) is 3.31. The van der Waals surface area contributed by atoms with E-state index in [4.69, 9.17) is 0 Å². The summed E-state index contributed by atoms with van der Waals surface area (Å²) in [7, 11) is 0. The number of fused-ring (bicyclic) bond motifs is 1. The molecule has 4 rings (SSSR count). The van der Waals surface area contributed by atoms with Crippen LogP contribution >= 0.6 is 0 Å². The monoisotopic (exact) mass is 338 g/mol. The highest BCUT2D eigenvalue weighted by molar-refractivity contribution is 6.00. The van der Waals surface area contributed by atoms with Gasteiger partial charge < -0.3 is 4.90 Å². The van der Waals surface area contributed by atoms with Crippen LogP contribution in [0.2, 0.25) is 0 Å². The zero-order chi connectivity index (χ0) is 17.2. The van der Waals surface area contributed by atoms with E-state index in [1.54, 1.807) is 12.1 Å². The fourth-order valence-electron chi connectivity index (χ4n) is 4.11. The molecule has 2 heterocycles. The minimum atomic E-state index is -0.263. The second-order valence-corrected chi connectivity index (χ2v) is 6.99. The first kappa shape index (κ1) is 16.3. The first-order valence-electron chi connectivity index (χ1n) is 9.11. The predicted molar refractivity (Wildman–Crippen MR) is 97.0 cm³/mol. The quantitative estimate of drug-likeness (QED) is 0.831. The molecule has 2 aromatic carbocycles. The molecule has 1 amide bonds. The molecule has 0 spiro atoms. The SMILES string of the molecule is O=C(c1ccccc1-c1ccc(F)cc1)N1CCCN2CCC[C@H]2C1. The van der Waals surface area contributed by atoms with E-state index in [1.165, 1.54) is 31.5 Å². The van der Waals surface area contributed by atoms with Gasteiger partial charge >= 0.3 is 0 Å². The molecule has 2 aliphatic rings. The number of benzene rings is 2. The summed E-state index contributed by atoms with van der Waals surface area (Å²) in [6.07, 6.45) is 3.45. The van der Waals surface area contributed by atoms with Crippen molar-refractivity contribution in [2.24, 2.45) is 0 Å². The van der Waals surface area contributed by atoms with Gasteiger partial charge in [0.05, 0.1) is 0 Å². The molecule has 0 saturated carbocycles. The molecular formula is C21H23FN2O. The summed E-state index contributed by atoms with van der Waals surface area (Å²) < 4.78 is 13.2. The first-order chi connectivity index (χ1) is 12.2. The van der Waals surface area contributed by atoms with Gasteiger partial charge in [-0.1, -0.05) is 30.3 Å². The number of halogens is 1. The van der Waals surface area contributed by atoms with Crippen molar-refractivity contribution in [3.8, 4) is 11.1 Å². The van der Waals surface area contributed by atoms with Crippen molar-refractivity contribution >= 4 is 5.91 Å². The van der Waals surface area contributed by atoms with Crippen molar-refractivity contribution in [2.75, 3.05) is 26.2 Å². The van der Waals surface area contributed by atoms with Crippen LogP contribution in [-0.2, 0) is 0 Å². The van der Waals surface area contributed by atoms with Crippen molar-refractivity contribution in [1.29, 1.82) is 0 Å². The Morgan fingerprint density at radius 1 is 0.960 bits per heavy atom. The van der Waals surface area contributed by atoms with Crippen molar-refractivity contribution in [1.82, 2.24) is 9.80 Å². The van der Waals surface area contributed by atoms with Crippen LogP contribution in [0, 0.1) is 5.82 Å². The lowest BCUT2D eigenvalue weighted by atomic mass is 9.98. The number of nitrogens with zero attached hydrogens (tertiary/aromatic N) is 2. The molecule has 0 radical (unpaired) electrons. The number of rotatable bonds is 2. The van der Waals surface area contributed by atoms with Gasteiger partial charge in [-0.3, -0.25) is 9.69 Å². The van der Waals surface area contributed by atoms with Gasteiger partial charge in [0, 0.05) is 31.2 Å². The largest absolute Gasteiger partial charge is 0.337 e. The number of hydrogen-bond acceptors (Lipinski definition) is 2. The van der Waals surface area contributed by atoms with E-state index in [9.17, 15) is 9.18 Å². The molecule has 0 bridgehead atoms. The number of carbonyl (C=O) groups excluding carboxylic acids is 1. The minimum Gasteiger partial charge on any atom is -0.337 e. The van der Waals surface area contributed by atoms with Gasteiger partial charge in [0.25, 0.3) is 5.91 Å². The van der Waals surface area contributed by atoms with Crippen LogP contribution in [-0.4, -0.2) is 47.9 Å². The standard InChI is InChI=1S/C21H23FN2O/c22-17-10-8-16(9-11-17)19-6-1-2-7-20(19)21(25)24-14-4-13-23-12-3-5-18(23)15-24/h1-2,6-11,18H,3-5,12-15H2/t18-/m0/s1. The summed E-state index contributed by atoms with van der Waals surface area (Å²) >= 11 is 0. The lowest BCUT2D eigenvalue weighted by Gasteiger charge is -2.26. The molecule has 130 valence electrons. The number of amides is 1. The Bertz CT molecular complexity index is 759. The van der Waals surface area contributed by atoms with Gasteiger partial charge in [0.1, 0.15) is 5.82 Å². The van der Waals surface area contributed by atoms with Crippen molar-refractivity contribution in [3.63, 3.8) is 0 Å². The number of hydrogen-bond donors (Lipinski definition) is 0.